The van der Waals surface area contributed by atoms with Crippen molar-refractivity contribution in [3.8, 4) is 11.1 Å². The molecule has 2 amide bonds. The molecule has 0 radical (unpaired) electrons. The topological polar surface area (TPSA) is 122 Å². The summed E-state index contributed by atoms with van der Waals surface area (Å²) in [5.74, 6) is 0.458. The first-order valence-corrected chi connectivity index (χ1v) is 17.2. The summed E-state index contributed by atoms with van der Waals surface area (Å²) < 4.78 is 34.4. The van der Waals surface area contributed by atoms with Crippen molar-refractivity contribution < 1.29 is 22.5 Å². The number of unbranched alkanes of at least 4 members (excludes halogenated alkanes) is 4. The number of hydrogen-bond acceptors (Lipinski definition) is 6. The number of nitrogens with one attached hydrogen (secondary N) is 2. The van der Waals surface area contributed by atoms with Gasteiger partial charge < -0.3 is 14.7 Å². The van der Waals surface area contributed by atoms with Crippen molar-refractivity contribution in [3.63, 3.8) is 0 Å². The Hall–Kier alpha value is -3.66. The standard InChI is InChI=1S/C34H48N4O5S/c1-7-9-11-14-22-35-34(40)32(24(3)4)38(31(39)17-10-8-2)23-27-18-20-28(21-19-27)29-15-12-13-16-30(29)44(41,42)37-33-25(5)26(6)43-36-33/h12-13,15-16,18-21,24,32H,7-11,14,17,22-23H2,1-6H3,(H,35,40)(H,36,37)/t32-/m0/s1. The molecule has 1 atom stereocenters. The molecule has 3 aromatic rings. The van der Waals surface area contributed by atoms with Gasteiger partial charge in [-0.2, -0.15) is 0 Å². The Balaban J connectivity index is 1.86. The summed E-state index contributed by atoms with van der Waals surface area (Å²) in [6, 6.07) is 13.6. The van der Waals surface area contributed by atoms with E-state index in [0.29, 0.717) is 35.4 Å². The lowest BCUT2D eigenvalue weighted by Gasteiger charge is -2.34. The van der Waals surface area contributed by atoms with Gasteiger partial charge in [-0.15, -0.1) is 0 Å². The molecule has 0 unspecified atom stereocenters. The summed E-state index contributed by atoms with van der Waals surface area (Å²) in [5.41, 5.74) is 2.71. The normalized spacial score (nSPS) is 12.2. The van der Waals surface area contributed by atoms with Gasteiger partial charge in [0, 0.05) is 30.6 Å². The lowest BCUT2D eigenvalue weighted by atomic mass is 9.98. The molecule has 0 aliphatic carbocycles. The lowest BCUT2D eigenvalue weighted by Crippen LogP contribution is -2.52. The molecule has 0 bridgehead atoms. The molecule has 240 valence electrons. The second kappa shape index (κ2) is 16.4. The molecule has 44 heavy (non-hydrogen) atoms. The van der Waals surface area contributed by atoms with Crippen LogP contribution in [0, 0.1) is 19.8 Å². The number of aromatic nitrogens is 1. The minimum Gasteiger partial charge on any atom is -0.359 e. The summed E-state index contributed by atoms with van der Waals surface area (Å²) in [7, 11) is -3.96. The number of sulfonamides is 1. The fourth-order valence-corrected chi connectivity index (χ4v) is 6.39. The van der Waals surface area contributed by atoms with Gasteiger partial charge in [0.2, 0.25) is 11.8 Å². The van der Waals surface area contributed by atoms with E-state index in [0.717, 1.165) is 44.1 Å². The van der Waals surface area contributed by atoms with Crippen molar-refractivity contribution in [1.29, 1.82) is 0 Å². The van der Waals surface area contributed by atoms with Crippen molar-refractivity contribution in [1.82, 2.24) is 15.4 Å². The van der Waals surface area contributed by atoms with Crippen LogP contribution >= 0.6 is 0 Å². The van der Waals surface area contributed by atoms with E-state index in [4.69, 9.17) is 4.52 Å². The summed E-state index contributed by atoms with van der Waals surface area (Å²) >= 11 is 0. The molecule has 10 heteroatoms. The fourth-order valence-electron chi connectivity index (χ4n) is 5.11. The van der Waals surface area contributed by atoms with Crippen molar-refractivity contribution >= 4 is 27.7 Å². The van der Waals surface area contributed by atoms with Crippen LogP contribution in [0.3, 0.4) is 0 Å². The van der Waals surface area contributed by atoms with Crippen molar-refractivity contribution in [3.05, 3.63) is 65.4 Å². The van der Waals surface area contributed by atoms with Crippen LogP contribution in [0.15, 0.2) is 57.9 Å². The van der Waals surface area contributed by atoms with Crippen LogP contribution in [0.1, 0.15) is 89.5 Å². The second-order valence-electron chi connectivity index (χ2n) is 11.7. The Morgan fingerprint density at radius 2 is 1.61 bits per heavy atom. The SMILES string of the molecule is CCCCCCNC(=O)[C@H](C(C)C)N(Cc1ccc(-c2ccccc2S(=O)(=O)Nc2noc(C)c2C)cc1)C(=O)CCCC. The fraction of sp³-hybridized carbons (Fsp3) is 0.500. The second-order valence-corrected chi connectivity index (χ2v) is 13.3. The maximum Gasteiger partial charge on any atom is 0.263 e. The molecule has 9 nitrogen and oxygen atoms in total. The van der Waals surface area contributed by atoms with Gasteiger partial charge in [0.25, 0.3) is 10.0 Å². The van der Waals surface area contributed by atoms with E-state index >= 15 is 0 Å². The first kappa shape index (κ1) is 34.8. The van der Waals surface area contributed by atoms with Gasteiger partial charge in [-0.3, -0.25) is 14.3 Å². The maximum absolute atomic E-state index is 13.5. The van der Waals surface area contributed by atoms with E-state index < -0.39 is 16.1 Å². The minimum absolute atomic E-state index is 0.0448. The average Bonchev–Trinajstić information content (AvgIpc) is 3.31. The first-order valence-electron chi connectivity index (χ1n) is 15.7. The van der Waals surface area contributed by atoms with Crippen LogP contribution in [0.4, 0.5) is 5.82 Å². The molecule has 3 rings (SSSR count). The molecule has 1 heterocycles. The summed E-state index contributed by atoms with van der Waals surface area (Å²) in [4.78, 5) is 28.6. The molecule has 0 aliphatic heterocycles. The molecule has 0 saturated heterocycles. The van der Waals surface area contributed by atoms with Gasteiger partial charge in [-0.25, -0.2) is 8.42 Å². The molecule has 2 aromatic carbocycles. The number of amides is 2. The maximum atomic E-state index is 13.5. The Morgan fingerprint density at radius 1 is 0.932 bits per heavy atom. The molecular formula is C34H48N4O5S. The molecular weight excluding hydrogens is 576 g/mol. The third-order valence-corrected chi connectivity index (χ3v) is 9.21. The predicted molar refractivity (Wildman–Crippen MR) is 175 cm³/mol. The Bertz CT molecular complexity index is 1480. The third kappa shape index (κ3) is 9.17. The van der Waals surface area contributed by atoms with Crippen molar-refractivity contribution in [2.45, 2.75) is 104 Å². The molecule has 0 spiro atoms. The molecule has 0 fully saturated rings. The van der Waals surface area contributed by atoms with E-state index in [2.05, 4.69) is 22.1 Å². The number of carbonyl (C=O) groups is 2. The van der Waals surface area contributed by atoms with E-state index in [1.165, 1.54) is 0 Å². The van der Waals surface area contributed by atoms with E-state index in [-0.39, 0.29) is 35.0 Å². The Kier molecular flexibility index (Phi) is 13.0. The number of nitrogens with zero attached hydrogens (tertiary/aromatic N) is 2. The lowest BCUT2D eigenvalue weighted by molar-refractivity contribution is -0.143. The van der Waals surface area contributed by atoms with Gasteiger partial charge in [-0.1, -0.05) is 101 Å². The highest BCUT2D eigenvalue weighted by atomic mass is 32.2. The zero-order chi connectivity index (χ0) is 32.3. The van der Waals surface area contributed by atoms with Crippen LogP contribution in [0.25, 0.3) is 11.1 Å². The predicted octanol–water partition coefficient (Wildman–Crippen LogP) is 7.00. The Morgan fingerprint density at radius 3 is 2.23 bits per heavy atom. The zero-order valence-electron chi connectivity index (χ0n) is 27.0. The Labute approximate surface area is 262 Å². The number of anilines is 1. The van der Waals surface area contributed by atoms with Crippen LogP contribution in [0.5, 0.6) is 0 Å². The van der Waals surface area contributed by atoms with E-state index in [1.54, 1.807) is 43.0 Å². The number of rotatable bonds is 17. The number of aryl methyl sites for hydroxylation is 1. The van der Waals surface area contributed by atoms with E-state index in [9.17, 15) is 18.0 Å². The average molecular weight is 625 g/mol. The highest BCUT2D eigenvalue weighted by molar-refractivity contribution is 7.92. The van der Waals surface area contributed by atoms with Crippen molar-refractivity contribution in [2.24, 2.45) is 5.92 Å². The minimum atomic E-state index is -3.96. The van der Waals surface area contributed by atoms with Crippen LogP contribution in [-0.2, 0) is 26.2 Å². The van der Waals surface area contributed by atoms with Crippen LogP contribution in [0.2, 0.25) is 0 Å². The van der Waals surface area contributed by atoms with Gasteiger partial charge >= 0.3 is 0 Å². The molecule has 0 aliphatic rings. The smallest absolute Gasteiger partial charge is 0.263 e. The molecule has 1 aromatic heterocycles. The molecule has 0 saturated carbocycles. The number of hydrogen-bond donors (Lipinski definition) is 2. The number of benzene rings is 2. The van der Waals surface area contributed by atoms with Gasteiger partial charge in [0.1, 0.15) is 11.8 Å². The third-order valence-electron chi connectivity index (χ3n) is 7.81. The van der Waals surface area contributed by atoms with Crippen LogP contribution < -0.4 is 10.0 Å². The quantitative estimate of drug-likeness (QED) is 0.156. The van der Waals surface area contributed by atoms with Crippen molar-refractivity contribution in [2.75, 3.05) is 11.3 Å². The number of carbonyl (C=O) groups excluding carboxylic acids is 2. The highest BCUT2D eigenvalue weighted by Crippen LogP contribution is 2.30. The summed E-state index contributed by atoms with van der Waals surface area (Å²) in [6.07, 6.45) is 6.26. The zero-order valence-corrected chi connectivity index (χ0v) is 27.8. The largest absolute Gasteiger partial charge is 0.359 e. The monoisotopic (exact) mass is 624 g/mol. The van der Waals surface area contributed by atoms with E-state index in [1.807, 2.05) is 45.0 Å². The highest BCUT2D eigenvalue weighted by Gasteiger charge is 2.32. The van der Waals surface area contributed by atoms with Gasteiger partial charge in [0.15, 0.2) is 5.82 Å². The van der Waals surface area contributed by atoms with Gasteiger partial charge in [0.05, 0.1) is 4.90 Å². The molecule has 2 N–H and O–H groups in total. The van der Waals surface area contributed by atoms with Gasteiger partial charge in [-0.05, 0) is 49.8 Å². The van der Waals surface area contributed by atoms with Crippen LogP contribution in [-0.4, -0.2) is 42.9 Å². The first-order chi connectivity index (χ1) is 21.0. The summed E-state index contributed by atoms with van der Waals surface area (Å²) in [5, 5.41) is 6.91. The summed E-state index contributed by atoms with van der Waals surface area (Å²) in [6.45, 7) is 12.5.